The van der Waals surface area contributed by atoms with Crippen LogP contribution in [0.5, 0.6) is 0 Å². The number of hydrogen-bond donors (Lipinski definition) is 0. The van der Waals surface area contributed by atoms with Gasteiger partial charge in [0.2, 0.25) is 0 Å². The van der Waals surface area contributed by atoms with Crippen LogP contribution in [0.1, 0.15) is 24.6 Å². The van der Waals surface area contributed by atoms with Gasteiger partial charge in [-0.25, -0.2) is 9.97 Å². The minimum Gasteiger partial charge on any atom is -0.355 e. The number of anilines is 1. The highest BCUT2D eigenvalue weighted by atomic mass is 35.5. The van der Waals surface area contributed by atoms with Gasteiger partial charge in [0, 0.05) is 50.7 Å². The standard InChI is InChI=1S/C17H24ClN5/c1-21(2)11-12-22-10-8-20-16(22)14-5-4-9-23(13-14)17-15(18)6-3-7-19-17/h3,6-8,10,14H,4-5,9,11-13H2,1-2H3/t14-/m0/s1. The van der Waals surface area contributed by atoms with Crippen LogP contribution in [0.25, 0.3) is 0 Å². The summed E-state index contributed by atoms with van der Waals surface area (Å²) in [6.07, 6.45) is 8.12. The first-order valence-corrected chi connectivity index (χ1v) is 8.54. The van der Waals surface area contributed by atoms with Crippen LogP contribution in [0.15, 0.2) is 30.7 Å². The molecule has 0 spiro atoms. The maximum Gasteiger partial charge on any atom is 0.147 e. The summed E-state index contributed by atoms with van der Waals surface area (Å²) in [7, 11) is 4.20. The lowest BCUT2D eigenvalue weighted by Crippen LogP contribution is -2.36. The summed E-state index contributed by atoms with van der Waals surface area (Å²) in [4.78, 5) is 13.6. The zero-order valence-electron chi connectivity index (χ0n) is 13.8. The summed E-state index contributed by atoms with van der Waals surface area (Å²) in [5, 5.41) is 0.726. The van der Waals surface area contributed by atoms with Gasteiger partial charge in [0.15, 0.2) is 0 Å². The molecule has 6 heteroatoms. The number of aromatic nitrogens is 3. The Labute approximate surface area is 142 Å². The molecule has 1 aliphatic rings. The van der Waals surface area contributed by atoms with E-state index in [0.717, 1.165) is 43.4 Å². The zero-order chi connectivity index (χ0) is 16.2. The van der Waals surface area contributed by atoms with Crippen LogP contribution in [0, 0.1) is 0 Å². The van der Waals surface area contributed by atoms with E-state index in [0.29, 0.717) is 5.92 Å². The van der Waals surface area contributed by atoms with Crippen LogP contribution in [0.4, 0.5) is 5.82 Å². The first-order valence-electron chi connectivity index (χ1n) is 8.16. The summed E-state index contributed by atoms with van der Waals surface area (Å²) in [6, 6.07) is 3.78. The Morgan fingerprint density at radius 1 is 1.30 bits per heavy atom. The highest BCUT2D eigenvalue weighted by Gasteiger charge is 2.26. The lowest BCUT2D eigenvalue weighted by Gasteiger charge is -2.34. The fraction of sp³-hybridized carbons (Fsp3) is 0.529. The predicted molar refractivity (Wildman–Crippen MR) is 94.2 cm³/mol. The SMILES string of the molecule is CN(C)CCn1ccnc1[C@H]1CCCN(c2ncccc2Cl)C1. The molecule has 0 bridgehead atoms. The van der Waals surface area contributed by atoms with E-state index in [-0.39, 0.29) is 0 Å². The molecule has 2 aromatic heterocycles. The highest BCUT2D eigenvalue weighted by molar-refractivity contribution is 6.32. The van der Waals surface area contributed by atoms with Crippen molar-refractivity contribution in [1.29, 1.82) is 0 Å². The molecule has 2 aromatic rings. The average molecular weight is 334 g/mol. The van der Waals surface area contributed by atoms with Crippen LogP contribution in [-0.4, -0.2) is 53.2 Å². The molecule has 0 N–H and O–H groups in total. The summed E-state index contributed by atoms with van der Waals surface area (Å²) in [5.74, 6) is 2.51. The average Bonchev–Trinajstić information content (AvgIpc) is 3.02. The lowest BCUT2D eigenvalue weighted by molar-refractivity contribution is 0.373. The van der Waals surface area contributed by atoms with Gasteiger partial charge in [-0.3, -0.25) is 0 Å². The number of imidazole rings is 1. The van der Waals surface area contributed by atoms with Crippen LogP contribution in [-0.2, 0) is 6.54 Å². The third kappa shape index (κ3) is 3.85. The second-order valence-electron chi connectivity index (χ2n) is 6.38. The van der Waals surface area contributed by atoms with E-state index in [9.17, 15) is 0 Å². The van der Waals surface area contributed by atoms with Gasteiger partial charge in [-0.05, 0) is 39.1 Å². The molecule has 0 radical (unpaired) electrons. The lowest BCUT2D eigenvalue weighted by atomic mass is 9.97. The van der Waals surface area contributed by atoms with Crippen molar-refractivity contribution in [2.24, 2.45) is 0 Å². The van der Waals surface area contributed by atoms with Gasteiger partial charge in [0.05, 0.1) is 5.02 Å². The molecular weight excluding hydrogens is 310 g/mol. The molecule has 1 aliphatic heterocycles. The number of rotatable bonds is 5. The molecule has 3 heterocycles. The van der Waals surface area contributed by atoms with E-state index < -0.39 is 0 Å². The number of piperidine rings is 1. The van der Waals surface area contributed by atoms with Gasteiger partial charge in [-0.1, -0.05) is 11.6 Å². The Bertz CT molecular complexity index is 639. The van der Waals surface area contributed by atoms with E-state index >= 15 is 0 Å². The van der Waals surface area contributed by atoms with Crippen molar-refractivity contribution in [2.75, 3.05) is 38.6 Å². The van der Waals surface area contributed by atoms with Crippen molar-refractivity contribution >= 4 is 17.4 Å². The van der Waals surface area contributed by atoms with Gasteiger partial charge in [0.25, 0.3) is 0 Å². The Balaban J connectivity index is 1.74. The summed E-state index contributed by atoms with van der Waals surface area (Å²) >= 11 is 6.32. The fourth-order valence-corrected chi connectivity index (χ4v) is 3.41. The summed E-state index contributed by atoms with van der Waals surface area (Å²) < 4.78 is 2.29. The first kappa shape index (κ1) is 16.3. The van der Waals surface area contributed by atoms with Gasteiger partial charge in [-0.2, -0.15) is 0 Å². The normalized spacial score (nSPS) is 18.6. The van der Waals surface area contributed by atoms with E-state index in [1.807, 2.05) is 24.5 Å². The van der Waals surface area contributed by atoms with E-state index in [1.54, 1.807) is 0 Å². The molecule has 1 saturated heterocycles. The van der Waals surface area contributed by atoms with Crippen molar-refractivity contribution in [1.82, 2.24) is 19.4 Å². The van der Waals surface area contributed by atoms with Crippen molar-refractivity contribution < 1.29 is 0 Å². The Morgan fingerprint density at radius 3 is 2.96 bits per heavy atom. The second kappa shape index (κ2) is 7.32. The fourth-order valence-electron chi connectivity index (χ4n) is 3.17. The molecule has 1 fully saturated rings. The minimum absolute atomic E-state index is 0.430. The van der Waals surface area contributed by atoms with Gasteiger partial charge in [-0.15, -0.1) is 0 Å². The van der Waals surface area contributed by atoms with Crippen LogP contribution < -0.4 is 4.90 Å². The Hall–Kier alpha value is -1.59. The largest absolute Gasteiger partial charge is 0.355 e. The van der Waals surface area contributed by atoms with Crippen molar-refractivity contribution in [2.45, 2.75) is 25.3 Å². The Morgan fingerprint density at radius 2 is 2.17 bits per heavy atom. The van der Waals surface area contributed by atoms with Gasteiger partial charge in [0.1, 0.15) is 11.6 Å². The molecule has 3 rings (SSSR count). The summed E-state index contributed by atoms with van der Waals surface area (Å²) in [6.45, 7) is 3.93. The molecule has 1 atom stereocenters. The van der Waals surface area contributed by atoms with E-state index in [2.05, 4.69) is 44.6 Å². The van der Waals surface area contributed by atoms with Crippen molar-refractivity contribution in [3.63, 3.8) is 0 Å². The smallest absolute Gasteiger partial charge is 0.147 e. The van der Waals surface area contributed by atoms with Crippen molar-refractivity contribution in [3.05, 3.63) is 41.6 Å². The molecule has 0 aromatic carbocycles. The maximum absolute atomic E-state index is 6.32. The molecule has 0 amide bonds. The number of halogens is 1. The van der Waals surface area contributed by atoms with Gasteiger partial charge < -0.3 is 14.4 Å². The van der Waals surface area contributed by atoms with E-state index in [1.165, 1.54) is 12.2 Å². The third-order valence-electron chi connectivity index (χ3n) is 4.36. The monoisotopic (exact) mass is 333 g/mol. The van der Waals surface area contributed by atoms with E-state index in [4.69, 9.17) is 11.6 Å². The van der Waals surface area contributed by atoms with Crippen molar-refractivity contribution in [3.8, 4) is 0 Å². The second-order valence-corrected chi connectivity index (χ2v) is 6.78. The molecule has 23 heavy (non-hydrogen) atoms. The molecule has 0 saturated carbocycles. The summed E-state index contributed by atoms with van der Waals surface area (Å²) in [5.41, 5.74) is 0. The van der Waals surface area contributed by atoms with Crippen LogP contribution >= 0.6 is 11.6 Å². The first-order chi connectivity index (χ1) is 11.1. The molecule has 5 nitrogen and oxygen atoms in total. The molecule has 0 unspecified atom stereocenters. The maximum atomic E-state index is 6.32. The minimum atomic E-state index is 0.430. The number of likely N-dealkylation sites (N-methyl/N-ethyl adjacent to an activating group) is 1. The molecule has 124 valence electrons. The highest BCUT2D eigenvalue weighted by Crippen LogP contribution is 2.31. The zero-order valence-corrected chi connectivity index (χ0v) is 14.6. The van der Waals surface area contributed by atoms with Crippen LogP contribution in [0.3, 0.4) is 0 Å². The Kier molecular flexibility index (Phi) is 5.18. The number of hydrogen-bond acceptors (Lipinski definition) is 4. The molecule has 0 aliphatic carbocycles. The topological polar surface area (TPSA) is 37.2 Å². The van der Waals surface area contributed by atoms with Gasteiger partial charge >= 0.3 is 0 Å². The quantitative estimate of drug-likeness (QED) is 0.843. The predicted octanol–water partition coefficient (Wildman–Crippen LogP) is 2.88. The number of pyridine rings is 1. The molecular formula is C17H24ClN5. The number of nitrogens with zero attached hydrogens (tertiary/aromatic N) is 5. The third-order valence-corrected chi connectivity index (χ3v) is 4.66. The van der Waals surface area contributed by atoms with Crippen LogP contribution in [0.2, 0.25) is 5.02 Å².